The topological polar surface area (TPSA) is 91.1 Å². The number of aromatic nitrogens is 1. The van der Waals surface area contributed by atoms with Crippen LogP contribution in [0.4, 0.5) is 5.69 Å². The van der Waals surface area contributed by atoms with Crippen LogP contribution in [0, 0.1) is 0 Å². The Hall–Kier alpha value is -3.41. The van der Waals surface area contributed by atoms with Gasteiger partial charge < -0.3 is 15.6 Å². The molecular formula is C21H21N3O3. The predicted molar refractivity (Wildman–Crippen MR) is 106 cm³/mol. The first-order chi connectivity index (χ1) is 12.9. The van der Waals surface area contributed by atoms with Gasteiger partial charge in [0.05, 0.1) is 12.1 Å². The zero-order chi connectivity index (χ0) is 19.4. The van der Waals surface area contributed by atoms with Gasteiger partial charge in [-0.25, -0.2) is 0 Å². The van der Waals surface area contributed by atoms with Crippen molar-refractivity contribution in [1.29, 1.82) is 0 Å². The number of fused-ring (bicyclic) bond motifs is 1. The molecule has 27 heavy (non-hydrogen) atoms. The summed E-state index contributed by atoms with van der Waals surface area (Å²) in [6.07, 6.45) is 0. The van der Waals surface area contributed by atoms with Crippen LogP contribution in [-0.2, 0) is 4.79 Å². The van der Waals surface area contributed by atoms with E-state index in [1.165, 1.54) is 0 Å². The van der Waals surface area contributed by atoms with Crippen LogP contribution in [0.15, 0.2) is 59.4 Å². The van der Waals surface area contributed by atoms with Gasteiger partial charge in [0.15, 0.2) is 0 Å². The Morgan fingerprint density at radius 1 is 1.04 bits per heavy atom. The molecule has 138 valence electrons. The maximum absolute atomic E-state index is 12.1. The summed E-state index contributed by atoms with van der Waals surface area (Å²) in [5, 5.41) is 6.26. The van der Waals surface area contributed by atoms with Crippen molar-refractivity contribution in [2.24, 2.45) is 0 Å². The lowest BCUT2D eigenvalue weighted by Crippen LogP contribution is -2.32. The van der Waals surface area contributed by atoms with Gasteiger partial charge in [0.25, 0.3) is 5.91 Å². The number of aromatic amines is 1. The summed E-state index contributed by atoms with van der Waals surface area (Å²) < 4.78 is 0. The summed E-state index contributed by atoms with van der Waals surface area (Å²) in [6.45, 7) is 3.91. The summed E-state index contributed by atoms with van der Waals surface area (Å²) in [5.41, 5.74) is 2.50. The number of rotatable bonds is 5. The minimum absolute atomic E-state index is 0.145. The van der Waals surface area contributed by atoms with Crippen LogP contribution < -0.4 is 16.2 Å². The molecule has 0 aliphatic heterocycles. The lowest BCUT2D eigenvalue weighted by Gasteiger charge is -2.11. The van der Waals surface area contributed by atoms with Gasteiger partial charge in [-0.05, 0) is 35.7 Å². The van der Waals surface area contributed by atoms with E-state index in [1.54, 1.807) is 42.5 Å². The molecule has 3 rings (SSSR count). The van der Waals surface area contributed by atoms with Crippen molar-refractivity contribution in [3.63, 3.8) is 0 Å². The quantitative estimate of drug-likeness (QED) is 0.651. The van der Waals surface area contributed by atoms with Gasteiger partial charge in [-0.3, -0.25) is 14.4 Å². The second kappa shape index (κ2) is 7.86. The van der Waals surface area contributed by atoms with Crippen LogP contribution in [0.1, 0.15) is 35.7 Å². The maximum Gasteiger partial charge on any atom is 0.251 e. The van der Waals surface area contributed by atoms with E-state index in [-0.39, 0.29) is 29.8 Å². The summed E-state index contributed by atoms with van der Waals surface area (Å²) in [5.74, 6) is -0.445. The molecule has 0 aliphatic rings. The standard InChI is InChI=1S/C21H21N3O3/c1-13(2)17-11-19(25)24-18-10-15(8-9-16(17)18)23-20(26)12-22-21(27)14-6-4-3-5-7-14/h3-11,13H,12H2,1-2H3,(H,22,27)(H,23,26)(H,24,25). The lowest BCUT2D eigenvalue weighted by atomic mass is 9.99. The first-order valence-corrected chi connectivity index (χ1v) is 8.74. The molecule has 3 aromatic rings. The van der Waals surface area contributed by atoms with Crippen LogP contribution in [0.25, 0.3) is 10.9 Å². The van der Waals surface area contributed by atoms with Crippen LogP contribution in [0.5, 0.6) is 0 Å². The van der Waals surface area contributed by atoms with Crippen LogP contribution in [-0.4, -0.2) is 23.3 Å². The molecule has 0 radical (unpaired) electrons. The van der Waals surface area contributed by atoms with Crippen LogP contribution in [0.2, 0.25) is 0 Å². The Labute approximate surface area is 156 Å². The van der Waals surface area contributed by atoms with Gasteiger partial charge in [-0.2, -0.15) is 0 Å². The molecule has 6 nitrogen and oxygen atoms in total. The zero-order valence-electron chi connectivity index (χ0n) is 15.2. The Balaban J connectivity index is 1.70. The number of hydrogen-bond acceptors (Lipinski definition) is 3. The third-order valence-corrected chi connectivity index (χ3v) is 4.23. The van der Waals surface area contributed by atoms with Gasteiger partial charge in [0.2, 0.25) is 11.5 Å². The fourth-order valence-electron chi connectivity index (χ4n) is 2.90. The number of carbonyl (C=O) groups excluding carboxylic acids is 2. The number of anilines is 1. The third-order valence-electron chi connectivity index (χ3n) is 4.23. The van der Waals surface area contributed by atoms with Crippen LogP contribution >= 0.6 is 0 Å². The van der Waals surface area contributed by atoms with E-state index in [2.05, 4.69) is 15.6 Å². The molecule has 1 aromatic heterocycles. The molecule has 0 atom stereocenters. The highest BCUT2D eigenvalue weighted by Crippen LogP contribution is 2.24. The van der Waals surface area contributed by atoms with E-state index in [0.29, 0.717) is 16.8 Å². The number of carbonyl (C=O) groups is 2. The average Bonchev–Trinajstić information content (AvgIpc) is 2.65. The molecule has 0 unspecified atom stereocenters. The predicted octanol–water partition coefficient (Wildman–Crippen LogP) is 3.02. The Kier molecular flexibility index (Phi) is 5.35. The van der Waals surface area contributed by atoms with E-state index >= 15 is 0 Å². The van der Waals surface area contributed by atoms with Gasteiger partial charge in [-0.15, -0.1) is 0 Å². The van der Waals surface area contributed by atoms with E-state index in [4.69, 9.17) is 0 Å². The minimum Gasteiger partial charge on any atom is -0.343 e. The monoisotopic (exact) mass is 363 g/mol. The number of H-pyrrole nitrogens is 1. The van der Waals surface area contributed by atoms with E-state index in [9.17, 15) is 14.4 Å². The Bertz CT molecular complexity index is 1040. The largest absolute Gasteiger partial charge is 0.343 e. The minimum atomic E-state index is -0.346. The molecule has 0 fully saturated rings. The first kappa shape index (κ1) is 18.4. The molecule has 2 aromatic carbocycles. The second-order valence-corrected chi connectivity index (χ2v) is 6.60. The second-order valence-electron chi connectivity index (χ2n) is 6.60. The summed E-state index contributed by atoms with van der Waals surface area (Å²) >= 11 is 0. The van der Waals surface area contributed by atoms with E-state index in [0.717, 1.165) is 10.9 Å². The first-order valence-electron chi connectivity index (χ1n) is 8.74. The van der Waals surface area contributed by atoms with E-state index < -0.39 is 0 Å². The van der Waals surface area contributed by atoms with Gasteiger partial charge >= 0.3 is 0 Å². The number of nitrogens with one attached hydrogen (secondary N) is 3. The SMILES string of the molecule is CC(C)c1cc(=O)[nH]c2cc(NC(=O)CNC(=O)c3ccccc3)ccc12. The highest BCUT2D eigenvalue weighted by molar-refractivity contribution is 6.00. The lowest BCUT2D eigenvalue weighted by molar-refractivity contribution is -0.115. The van der Waals surface area contributed by atoms with Crippen molar-refractivity contribution < 1.29 is 9.59 Å². The molecule has 2 amide bonds. The Morgan fingerprint density at radius 2 is 1.78 bits per heavy atom. The fourth-order valence-corrected chi connectivity index (χ4v) is 2.90. The summed E-state index contributed by atoms with van der Waals surface area (Å²) in [7, 11) is 0. The summed E-state index contributed by atoms with van der Waals surface area (Å²) in [4.78, 5) is 38.8. The number of hydrogen-bond donors (Lipinski definition) is 3. The number of benzene rings is 2. The van der Waals surface area contributed by atoms with Crippen molar-refractivity contribution >= 4 is 28.4 Å². The van der Waals surface area contributed by atoms with Crippen LogP contribution in [0.3, 0.4) is 0 Å². The highest BCUT2D eigenvalue weighted by Gasteiger charge is 2.10. The molecule has 3 N–H and O–H groups in total. The molecule has 1 heterocycles. The van der Waals surface area contributed by atoms with Crippen molar-refractivity contribution in [2.45, 2.75) is 19.8 Å². The van der Waals surface area contributed by atoms with E-state index in [1.807, 2.05) is 26.0 Å². The molecule has 0 aliphatic carbocycles. The van der Waals surface area contributed by atoms with Gasteiger partial charge in [0.1, 0.15) is 0 Å². The van der Waals surface area contributed by atoms with Crippen molar-refractivity contribution in [3.8, 4) is 0 Å². The van der Waals surface area contributed by atoms with Crippen molar-refractivity contribution in [1.82, 2.24) is 10.3 Å². The molecule has 0 bridgehead atoms. The Morgan fingerprint density at radius 3 is 2.48 bits per heavy atom. The average molecular weight is 363 g/mol. The molecule has 0 saturated carbocycles. The fraction of sp³-hybridized carbons (Fsp3) is 0.190. The molecule has 6 heteroatoms. The number of pyridine rings is 1. The van der Waals surface area contributed by atoms with Gasteiger partial charge in [0, 0.05) is 22.7 Å². The normalized spacial score (nSPS) is 10.8. The molecule has 0 spiro atoms. The smallest absolute Gasteiger partial charge is 0.251 e. The number of amides is 2. The van der Waals surface area contributed by atoms with Crippen molar-refractivity contribution in [2.75, 3.05) is 11.9 Å². The van der Waals surface area contributed by atoms with Gasteiger partial charge in [-0.1, -0.05) is 38.1 Å². The highest BCUT2D eigenvalue weighted by atomic mass is 16.2. The maximum atomic E-state index is 12.1. The molecular weight excluding hydrogens is 342 g/mol. The zero-order valence-corrected chi connectivity index (χ0v) is 15.2. The third kappa shape index (κ3) is 4.41. The summed E-state index contributed by atoms with van der Waals surface area (Å²) in [6, 6.07) is 15.7. The van der Waals surface area contributed by atoms with Crippen molar-refractivity contribution in [3.05, 3.63) is 76.1 Å². The molecule has 0 saturated heterocycles.